The zero-order valence-electron chi connectivity index (χ0n) is 20.0. The second kappa shape index (κ2) is 11.7. The van der Waals surface area contributed by atoms with Gasteiger partial charge in [-0.25, -0.2) is 4.98 Å². The van der Waals surface area contributed by atoms with Crippen LogP contribution in [0.4, 0.5) is 0 Å². The van der Waals surface area contributed by atoms with Crippen molar-refractivity contribution >= 4 is 31.9 Å². The van der Waals surface area contributed by atoms with E-state index in [0.717, 1.165) is 40.2 Å². The molecule has 4 rings (SSSR count). The van der Waals surface area contributed by atoms with E-state index in [4.69, 9.17) is 9.72 Å². The molecule has 0 spiro atoms. The highest BCUT2D eigenvalue weighted by molar-refractivity contribution is 9.24. The Hall–Kier alpha value is -3.21. The standard InChI is InChI=1S/C29H25Br2N3O2/c1-3-6-26-25(17-19-9-11-20(12-10-19)24-8-5-4-7-21(24)18-32)29(35)34(28(33-26)27(30)31)22-13-15-23(36-2)16-14-22/h4-5,7-16,27H,3,6,17H2,1-2H3. The Morgan fingerprint density at radius 3 is 2.33 bits per heavy atom. The van der Waals surface area contributed by atoms with Crippen LogP contribution < -0.4 is 10.3 Å². The van der Waals surface area contributed by atoms with Crippen molar-refractivity contribution in [2.24, 2.45) is 0 Å². The minimum absolute atomic E-state index is 0.0866. The number of benzene rings is 3. The van der Waals surface area contributed by atoms with Gasteiger partial charge in [-0.2, -0.15) is 5.26 Å². The van der Waals surface area contributed by atoms with Gasteiger partial charge in [-0.05, 0) is 53.4 Å². The van der Waals surface area contributed by atoms with Crippen molar-refractivity contribution in [3.05, 3.63) is 111 Å². The van der Waals surface area contributed by atoms with Crippen LogP contribution in [0.1, 0.15) is 45.3 Å². The third-order valence-corrected chi connectivity index (χ3v) is 6.81. The molecule has 36 heavy (non-hydrogen) atoms. The number of aryl methyl sites for hydroxylation is 1. The van der Waals surface area contributed by atoms with Gasteiger partial charge in [0.1, 0.15) is 15.3 Å². The summed E-state index contributed by atoms with van der Waals surface area (Å²) in [6.07, 6.45) is 2.05. The van der Waals surface area contributed by atoms with Gasteiger partial charge in [0.25, 0.3) is 5.56 Å². The molecule has 0 aliphatic rings. The molecule has 7 heteroatoms. The van der Waals surface area contributed by atoms with Gasteiger partial charge in [-0.1, -0.05) is 87.7 Å². The number of aromatic nitrogens is 2. The van der Waals surface area contributed by atoms with Gasteiger partial charge in [-0.3, -0.25) is 9.36 Å². The lowest BCUT2D eigenvalue weighted by atomic mass is 9.97. The fourth-order valence-electron chi connectivity index (χ4n) is 4.21. The van der Waals surface area contributed by atoms with Crippen molar-refractivity contribution in [2.45, 2.75) is 29.9 Å². The summed E-state index contributed by atoms with van der Waals surface area (Å²) >= 11 is 7.12. The number of rotatable bonds is 8. The van der Waals surface area contributed by atoms with Gasteiger partial charge < -0.3 is 4.74 Å². The predicted octanol–water partition coefficient (Wildman–Crippen LogP) is 7.11. The molecule has 0 N–H and O–H groups in total. The summed E-state index contributed by atoms with van der Waals surface area (Å²) in [4.78, 5) is 18.9. The number of nitrogens with zero attached hydrogens (tertiary/aromatic N) is 3. The van der Waals surface area contributed by atoms with E-state index in [1.165, 1.54) is 0 Å². The first-order valence-corrected chi connectivity index (χ1v) is 13.5. The summed E-state index contributed by atoms with van der Waals surface area (Å²) in [5, 5.41) is 9.44. The Kier molecular flexibility index (Phi) is 8.40. The lowest BCUT2D eigenvalue weighted by molar-refractivity contribution is 0.414. The van der Waals surface area contributed by atoms with Crippen LogP contribution in [-0.2, 0) is 12.8 Å². The Balaban J connectivity index is 1.78. The van der Waals surface area contributed by atoms with Gasteiger partial charge in [0.15, 0.2) is 0 Å². The summed E-state index contributed by atoms with van der Waals surface area (Å²) < 4.78 is 6.65. The quantitative estimate of drug-likeness (QED) is 0.200. The molecule has 0 unspecified atom stereocenters. The van der Waals surface area contributed by atoms with E-state index in [9.17, 15) is 10.1 Å². The number of nitriles is 1. The van der Waals surface area contributed by atoms with Crippen LogP contribution in [0, 0.1) is 11.3 Å². The Morgan fingerprint density at radius 2 is 1.72 bits per heavy atom. The molecule has 182 valence electrons. The third kappa shape index (κ3) is 5.45. The minimum Gasteiger partial charge on any atom is -0.497 e. The first kappa shape index (κ1) is 25.9. The van der Waals surface area contributed by atoms with E-state index in [1.54, 1.807) is 11.7 Å². The number of hydrogen-bond donors (Lipinski definition) is 0. The summed E-state index contributed by atoms with van der Waals surface area (Å²) in [6, 6.07) is 25.2. The Bertz CT molecular complexity index is 1450. The highest BCUT2D eigenvalue weighted by Crippen LogP contribution is 2.30. The van der Waals surface area contributed by atoms with Gasteiger partial charge >= 0.3 is 0 Å². The summed E-state index contributed by atoms with van der Waals surface area (Å²) in [5.41, 5.74) is 5.63. The van der Waals surface area contributed by atoms with Crippen molar-refractivity contribution in [1.82, 2.24) is 9.55 Å². The maximum Gasteiger partial charge on any atom is 0.261 e. The van der Waals surface area contributed by atoms with Gasteiger partial charge in [-0.15, -0.1) is 0 Å². The molecule has 1 heterocycles. The van der Waals surface area contributed by atoms with Crippen LogP contribution in [0.3, 0.4) is 0 Å². The smallest absolute Gasteiger partial charge is 0.261 e. The molecule has 3 aromatic carbocycles. The van der Waals surface area contributed by atoms with Crippen molar-refractivity contribution in [3.8, 4) is 28.6 Å². The molecule has 0 amide bonds. The molecular weight excluding hydrogens is 582 g/mol. The topological polar surface area (TPSA) is 67.9 Å². The number of halogens is 2. The van der Waals surface area contributed by atoms with E-state index in [0.29, 0.717) is 29.8 Å². The second-order valence-corrected chi connectivity index (χ2v) is 11.4. The summed E-state index contributed by atoms with van der Waals surface area (Å²) in [7, 11) is 1.61. The highest BCUT2D eigenvalue weighted by Gasteiger charge is 2.21. The highest BCUT2D eigenvalue weighted by atomic mass is 79.9. The van der Waals surface area contributed by atoms with Gasteiger partial charge in [0.2, 0.25) is 0 Å². The van der Waals surface area contributed by atoms with Crippen LogP contribution >= 0.6 is 31.9 Å². The normalized spacial score (nSPS) is 10.9. The zero-order valence-corrected chi connectivity index (χ0v) is 23.2. The Morgan fingerprint density at radius 1 is 1.03 bits per heavy atom. The molecule has 0 radical (unpaired) electrons. The SMILES string of the molecule is CCCc1nc(C(Br)Br)n(-c2ccc(OC)cc2)c(=O)c1Cc1ccc(-c2ccccc2C#N)cc1. The molecule has 0 atom stereocenters. The first-order chi connectivity index (χ1) is 17.5. The largest absolute Gasteiger partial charge is 0.497 e. The number of hydrogen-bond acceptors (Lipinski definition) is 4. The molecule has 0 bridgehead atoms. The number of methoxy groups -OCH3 is 1. The van der Waals surface area contributed by atoms with E-state index in [2.05, 4.69) is 44.9 Å². The van der Waals surface area contributed by atoms with Crippen molar-refractivity contribution in [1.29, 1.82) is 5.26 Å². The predicted molar refractivity (Wildman–Crippen MR) is 150 cm³/mol. The average molecular weight is 607 g/mol. The van der Waals surface area contributed by atoms with Gasteiger partial charge in [0, 0.05) is 12.0 Å². The molecule has 0 saturated heterocycles. The molecular formula is C29H25Br2N3O2. The molecule has 4 aromatic rings. The minimum atomic E-state index is -0.288. The van der Waals surface area contributed by atoms with Crippen LogP contribution in [0.25, 0.3) is 16.8 Å². The van der Waals surface area contributed by atoms with Crippen LogP contribution in [-0.4, -0.2) is 16.7 Å². The molecule has 0 fully saturated rings. The van der Waals surface area contributed by atoms with Crippen molar-refractivity contribution in [3.63, 3.8) is 0 Å². The maximum atomic E-state index is 13.9. The van der Waals surface area contributed by atoms with E-state index in [1.807, 2.05) is 72.8 Å². The lowest BCUT2D eigenvalue weighted by Gasteiger charge is -2.18. The zero-order chi connectivity index (χ0) is 25.7. The molecule has 1 aromatic heterocycles. The van der Waals surface area contributed by atoms with Crippen molar-refractivity contribution < 1.29 is 4.74 Å². The molecule has 0 saturated carbocycles. The Labute approximate surface area is 227 Å². The fraction of sp³-hybridized carbons (Fsp3) is 0.207. The van der Waals surface area contributed by atoms with Crippen LogP contribution in [0.2, 0.25) is 0 Å². The number of alkyl halides is 2. The van der Waals surface area contributed by atoms with E-state index >= 15 is 0 Å². The summed E-state index contributed by atoms with van der Waals surface area (Å²) in [6.45, 7) is 2.08. The maximum absolute atomic E-state index is 13.9. The summed E-state index contributed by atoms with van der Waals surface area (Å²) in [5.74, 6) is 1.32. The average Bonchev–Trinajstić information content (AvgIpc) is 2.91. The fourth-order valence-corrected chi connectivity index (χ4v) is 4.82. The molecule has 5 nitrogen and oxygen atoms in total. The van der Waals surface area contributed by atoms with Crippen LogP contribution in [0.5, 0.6) is 5.75 Å². The van der Waals surface area contributed by atoms with Crippen LogP contribution in [0.15, 0.2) is 77.6 Å². The van der Waals surface area contributed by atoms with Gasteiger partial charge in [0.05, 0.1) is 30.1 Å². The van der Waals surface area contributed by atoms with Crippen molar-refractivity contribution in [2.75, 3.05) is 7.11 Å². The monoisotopic (exact) mass is 605 g/mol. The number of ether oxygens (including phenoxy) is 1. The first-order valence-electron chi connectivity index (χ1n) is 11.6. The molecule has 0 aliphatic heterocycles. The second-order valence-electron chi connectivity index (χ2n) is 8.32. The van der Waals surface area contributed by atoms with E-state index in [-0.39, 0.29) is 9.30 Å². The third-order valence-electron chi connectivity index (χ3n) is 5.99. The molecule has 0 aliphatic carbocycles. The van der Waals surface area contributed by atoms with E-state index < -0.39 is 0 Å². The lowest BCUT2D eigenvalue weighted by Crippen LogP contribution is -2.29.